The maximum atomic E-state index is 12.8. The van der Waals surface area contributed by atoms with Crippen molar-refractivity contribution in [2.75, 3.05) is 0 Å². The van der Waals surface area contributed by atoms with Crippen molar-refractivity contribution in [1.29, 1.82) is 0 Å². The number of nitrogens with one attached hydrogen (secondary N) is 1. The molecule has 1 atom stereocenters. The van der Waals surface area contributed by atoms with Gasteiger partial charge < -0.3 is 0 Å². The average molecular weight is 223 g/mol. The monoisotopic (exact) mass is 223 g/mol. The predicted octanol–water partition coefficient (Wildman–Crippen LogP) is 2.31. The van der Waals surface area contributed by atoms with Gasteiger partial charge in [0.2, 0.25) is 0 Å². The fraction of sp³-hybridized carbons (Fsp3) is 0.583. The fourth-order valence-electron chi connectivity index (χ4n) is 2.50. The molecule has 1 fully saturated rings. The molecule has 3 N–H and O–H groups in total. The minimum Gasteiger partial charge on any atom is -0.271 e. The quantitative estimate of drug-likeness (QED) is 0.610. The molecule has 0 amide bonds. The molecule has 0 saturated heterocycles. The van der Waals surface area contributed by atoms with Gasteiger partial charge in [-0.05, 0) is 30.9 Å². The lowest BCUT2D eigenvalue weighted by Gasteiger charge is -2.29. The van der Waals surface area contributed by atoms with E-state index >= 15 is 0 Å². The summed E-state index contributed by atoms with van der Waals surface area (Å²) in [5.74, 6) is 5.81. The van der Waals surface area contributed by atoms with Crippen LogP contribution in [0, 0.1) is 11.7 Å². The van der Waals surface area contributed by atoms with Gasteiger partial charge in [0.25, 0.3) is 0 Å². The molecule has 1 heterocycles. The predicted molar refractivity (Wildman–Crippen MR) is 60.8 cm³/mol. The van der Waals surface area contributed by atoms with Crippen LogP contribution in [-0.2, 0) is 0 Å². The zero-order chi connectivity index (χ0) is 11.4. The Labute approximate surface area is 95.2 Å². The van der Waals surface area contributed by atoms with Gasteiger partial charge in [0.15, 0.2) is 0 Å². The van der Waals surface area contributed by atoms with Crippen molar-refractivity contribution in [2.24, 2.45) is 11.8 Å². The molecule has 0 bridgehead atoms. The van der Waals surface area contributed by atoms with Crippen LogP contribution in [0.1, 0.15) is 43.8 Å². The Morgan fingerprint density at radius 3 is 2.62 bits per heavy atom. The molecule has 4 heteroatoms. The summed E-state index contributed by atoms with van der Waals surface area (Å²) in [6.45, 7) is 0. The maximum Gasteiger partial charge on any atom is 0.141 e. The first-order chi connectivity index (χ1) is 7.81. The largest absolute Gasteiger partial charge is 0.271 e. The number of nitrogens with two attached hydrogens (primary N) is 1. The normalized spacial score (nSPS) is 19.6. The van der Waals surface area contributed by atoms with Gasteiger partial charge in [0, 0.05) is 0 Å². The molecular formula is C12H18FN3. The minimum absolute atomic E-state index is 0.0564. The van der Waals surface area contributed by atoms with Crippen LogP contribution < -0.4 is 11.3 Å². The molecule has 88 valence electrons. The van der Waals surface area contributed by atoms with E-state index in [9.17, 15) is 4.39 Å². The van der Waals surface area contributed by atoms with E-state index in [0.29, 0.717) is 5.92 Å². The lowest BCUT2D eigenvalue weighted by Crippen LogP contribution is -2.35. The Morgan fingerprint density at radius 1 is 1.31 bits per heavy atom. The summed E-state index contributed by atoms with van der Waals surface area (Å²) >= 11 is 0. The number of hydrogen-bond acceptors (Lipinski definition) is 3. The number of pyridine rings is 1. The van der Waals surface area contributed by atoms with Gasteiger partial charge in [-0.2, -0.15) is 0 Å². The van der Waals surface area contributed by atoms with E-state index in [1.54, 1.807) is 6.07 Å². The van der Waals surface area contributed by atoms with Crippen LogP contribution in [-0.4, -0.2) is 4.98 Å². The average Bonchev–Trinajstić information content (AvgIpc) is 2.34. The van der Waals surface area contributed by atoms with Gasteiger partial charge in [0.05, 0.1) is 17.9 Å². The third kappa shape index (κ3) is 2.57. The molecule has 16 heavy (non-hydrogen) atoms. The molecule has 3 nitrogen and oxygen atoms in total. The second-order valence-corrected chi connectivity index (χ2v) is 4.44. The van der Waals surface area contributed by atoms with Crippen LogP contribution >= 0.6 is 0 Å². The molecule has 1 aliphatic carbocycles. The fourth-order valence-corrected chi connectivity index (χ4v) is 2.50. The standard InChI is InChI=1S/C12H18FN3/c13-10-6-7-11(15-8-10)12(16-14)9-4-2-1-3-5-9/h6-9,12,16H,1-5,14H2. The highest BCUT2D eigenvalue weighted by Gasteiger charge is 2.24. The van der Waals surface area contributed by atoms with Gasteiger partial charge in [0.1, 0.15) is 5.82 Å². The summed E-state index contributed by atoms with van der Waals surface area (Å²) in [6, 6.07) is 3.21. The summed E-state index contributed by atoms with van der Waals surface area (Å²) in [6.07, 6.45) is 7.42. The van der Waals surface area contributed by atoms with Gasteiger partial charge in [-0.3, -0.25) is 16.3 Å². The highest BCUT2D eigenvalue weighted by atomic mass is 19.1. The SMILES string of the molecule is NNC(c1ccc(F)cn1)C1CCCCC1. The molecule has 0 aromatic carbocycles. The van der Waals surface area contributed by atoms with Crippen molar-refractivity contribution in [3.63, 3.8) is 0 Å². The smallest absolute Gasteiger partial charge is 0.141 e. The van der Waals surface area contributed by atoms with Crippen LogP contribution in [0.3, 0.4) is 0 Å². The maximum absolute atomic E-state index is 12.8. The van der Waals surface area contributed by atoms with Crippen molar-refractivity contribution in [1.82, 2.24) is 10.4 Å². The van der Waals surface area contributed by atoms with Crippen LogP contribution in [0.2, 0.25) is 0 Å². The van der Waals surface area contributed by atoms with Crippen molar-refractivity contribution >= 4 is 0 Å². The van der Waals surface area contributed by atoms with Crippen molar-refractivity contribution in [2.45, 2.75) is 38.1 Å². The van der Waals surface area contributed by atoms with Crippen molar-refractivity contribution in [3.8, 4) is 0 Å². The van der Waals surface area contributed by atoms with Gasteiger partial charge in [-0.25, -0.2) is 4.39 Å². The first kappa shape index (κ1) is 11.5. The van der Waals surface area contributed by atoms with E-state index in [1.807, 2.05) is 0 Å². The van der Waals surface area contributed by atoms with Crippen LogP contribution in [0.5, 0.6) is 0 Å². The summed E-state index contributed by atoms with van der Waals surface area (Å²) in [5.41, 5.74) is 3.67. The first-order valence-corrected chi connectivity index (χ1v) is 5.89. The molecule has 0 aliphatic heterocycles. The highest BCUT2D eigenvalue weighted by molar-refractivity contribution is 5.11. The molecule has 2 rings (SSSR count). The number of aromatic nitrogens is 1. The summed E-state index contributed by atoms with van der Waals surface area (Å²) in [5, 5.41) is 0. The van der Waals surface area contributed by atoms with Gasteiger partial charge in [-0.1, -0.05) is 19.3 Å². The molecule has 1 aromatic rings. The summed E-state index contributed by atoms with van der Waals surface area (Å²) in [7, 11) is 0. The second kappa shape index (κ2) is 5.37. The zero-order valence-electron chi connectivity index (χ0n) is 9.32. The molecule has 0 spiro atoms. The Kier molecular flexibility index (Phi) is 3.85. The molecular weight excluding hydrogens is 205 g/mol. The van der Waals surface area contributed by atoms with E-state index in [2.05, 4.69) is 10.4 Å². The number of halogens is 1. The number of nitrogens with zero attached hydrogens (tertiary/aromatic N) is 1. The Hall–Kier alpha value is -1.00. The van der Waals surface area contributed by atoms with Gasteiger partial charge in [-0.15, -0.1) is 0 Å². The third-order valence-corrected chi connectivity index (χ3v) is 3.37. The molecule has 1 saturated carbocycles. The van der Waals surface area contributed by atoms with E-state index < -0.39 is 0 Å². The number of hydrogen-bond donors (Lipinski definition) is 2. The Balaban J connectivity index is 2.11. The van der Waals surface area contributed by atoms with Crippen LogP contribution in [0.25, 0.3) is 0 Å². The molecule has 1 unspecified atom stereocenters. The third-order valence-electron chi connectivity index (χ3n) is 3.37. The Bertz CT molecular complexity index is 320. The molecule has 0 radical (unpaired) electrons. The number of rotatable bonds is 3. The summed E-state index contributed by atoms with van der Waals surface area (Å²) < 4.78 is 12.8. The first-order valence-electron chi connectivity index (χ1n) is 5.89. The van der Waals surface area contributed by atoms with E-state index in [1.165, 1.54) is 44.4 Å². The molecule has 1 aliphatic rings. The van der Waals surface area contributed by atoms with Crippen molar-refractivity contribution in [3.05, 3.63) is 29.8 Å². The minimum atomic E-state index is -0.303. The highest BCUT2D eigenvalue weighted by Crippen LogP contribution is 2.33. The van der Waals surface area contributed by atoms with E-state index in [-0.39, 0.29) is 11.9 Å². The van der Waals surface area contributed by atoms with Crippen LogP contribution in [0.15, 0.2) is 18.3 Å². The molecule has 1 aromatic heterocycles. The van der Waals surface area contributed by atoms with Crippen molar-refractivity contribution < 1.29 is 4.39 Å². The number of hydrazine groups is 1. The topological polar surface area (TPSA) is 50.9 Å². The second-order valence-electron chi connectivity index (χ2n) is 4.44. The summed E-state index contributed by atoms with van der Waals surface area (Å²) in [4.78, 5) is 4.11. The zero-order valence-corrected chi connectivity index (χ0v) is 9.32. The lowest BCUT2D eigenvalue weighted by molar-refractivity contribution is 0.269. The van der Waals surface area contributed by atoms with Crippen LogP contribution in [0.4, 0.5) is 4.39 Å². The van der Waals surface area contributed by atoms with Gasteiger partial charge >= 0.3 is 0 Å². The van der Waals surface area contributed by atoms with E-state index in [0.717, 1.165) is 5.69 Å². The lowest BCUT2D eigenvalue weighted by atomic mass is 9.83. The van der Waals surface area contributed by atoms with E-state index in [4.69, 9.17) is 5.84 Å². The Morgan fingerprint density at radius 2 is 2.06 bits per heavy atom.